The average molecular weight is 294 g/mol. The Hall–Kier alpha value is -2.97. The lowest BCUT2D eigenvalue weighted by Gasteiger charge is -2.08. The zero-order chi connectivity index (χ0) is 15.4. The van der Waals surface area contributed by atoms with Gasteiger partial charge >= 0.3 is 5.69 Å². The average Bonchev–Trinajstić information content (AvgIpc) is 2.49. The van der Waals surface area contributed by atoms with Crippen molar-refractivity contribution in [2.75, 3.05) is 19.5 Å². The molecule has 0 aliphatic carbocycles. The normalized spacial score (nSPS) is 10.0. The van der Waals surface area contributed by atoms with E-state index in [1.165, 1.54) is 25.3 Å². The highest BCUT2D eigenvalue weighted by atomic mass is 19.1. The van der Waals surface area contributed by atoms with E-state index in [2.05, 4.69) is 15.3 Å². The number of nitro groups is 1. The molecule has 2 aromatic rings. The number of hydrogen-bond acceptors (Lipinski definition) is 7. The summed E-state index contributed by atoms with van der Waals surface area (Å²) in [6.45, 7) is 0. The van der Waals surface area contributed by atoms with Gasteiger partial charge < -0.3 is 14.8 Å². The van der Waals surface area contributed by atoms with Gasteiger partial charge in [0.25, 0.3) is 5.88 Å². The van der Waals surface area contributed by atoms with Crippen LogP contribution in [0.4, 0.5) is 16.0 Å². The number of rotatable bonds is 5. The molecule has 0 aliphatic heterocycles. The molecule has 8 nitrogen and oxygen atoms in total. The van der Waals surface area contributed by atoms with Crippen LogP contribution >= 0.6 is 0 Å². The quantitative estimate of drug-likeness (QED) is 0.667. The largest absolute Gasteiger partial charge is 0.496 e. The third-order valence-corrected chi connectivity index (χ3v) is 2.50. The van der Waals surface area contributed by atoms with Gasteiger partial charge in [-0.25, -0.2) is 4.98 Å². The smallest absolute Gasteiger partial charge is 0.315 e. The molecule has 0 amide bonds. The van der Waals surface area contributed by atoms with Crippen molar-refractivity contribution in [2.45, 2.75) is 0 Å². The van der Waals surface area contributed by atoms with Crippen LogP contribution in [-0.2, 0) is 0 Å². The minimum absolute atomic E-state index is 0.127. The lowest BCUT2D eigenvalue weighted by atomic mass is 10.3. The first-order valence-electron chi connectivity index (χ1n) is 5.75. The molecule has 0 saturated carbocycles. The molecule has 0 fully saturated rings. The van der Waals surface area contributed by atoms with E-state index in [1.54, 1.807) is 7.05 Å². The zero-order valence-electron chi connectivity index (χ0n) is 11.2. The van der Waals surface area contributed by atoms with Gasteiger partial charge in [0.1, 0.15) is 5.75 Å². The van der Waals surface area contributed by atoms with Crippen molar-refractivity contribution in [1.29, 1.82) is 0 Å². The van der Waals surface area contributed by atoms with E-state index in [0.717, 1.165) is 6.20 Å². The first kappa shape index (κ1) is 14.4. The number of methoxy groups -OCH3 is 1. The van der Waals surface area contributed by atoms with Crippen LogP contribution in [0.2, 0.25) is 0 Å². The summed E-state index contributed by atoms with van der Waals surface area (Å²) >= 11 is 0. The van der Waals surface area contributed by atoms with Crippen molar-refractivity contribution in [3.8, 4) is 17.4 Å². The van der Waals surface area contributed by atoms with Gasteiger partial charge in [-0.15, -0.1) is 0 Å². The molecule has 0 aliphatic rings. The molecule has 0 saturated heterocycles. The summed E-state index contributed by atoms with van der Waals surface area (Å²) in [5.74, 6) is -0.988. The van der Waals surface area contributed by atoms with Gasteiger partial charge in [-0.1, -0.05) is 0 Å². The lowest BCUT2D eigenvalue weighted by Crippen LogP contribution is -2.01. The molecule has 2 rings (SSSR count). The maximum absolute atomic E-state index is 13.6. The molecule has 0 radical (unpaired) electrons. The predicted molar refractivity (Wildman–Crippen MR) is 71.3 cm³/mol. The summed E-state index contributed by atoms with van der Waals surface area (Å²) in [4.78, 5) is 17.8. The molecule has 1 aromatic heterocycles. The van der Waals surface area contributed by atoms with E-state index < -0.39 is 16.6 Å². The van der Waals surface area contributed by atoms with Crippen LogP contribution in [0.5, 0.6) is 17.4 Å². The van der Waals surface area contributed by atoms with Crippen LogP contribution in [0.3, 0.4) is 0 Å². The van der Waals surface area contributed by atoms with Crippen LogP contribution in [0, 0.1) is 15.9 Å². The minimum atomic E-state index is -0.834. The highest BCUT2D eigenvalue weighted by Gasteiger charge is 2.19. The highest BCUT2D eigenvalue weighted by Crippen LogP contribution is 2.34. The van der Waals surface area contributed by atoms with Crippen LogP contribution in [-0.4, -0.2) is 29.0 Å². The van der Waals surface area contributed by atoms with Crippen molar-refractivity contribution in [1.82, 2.24) is 9.97 Å². The lowest BCUT2D eigenvalue weighted by molar-refractivity contribution is -0.385. The van der Waals surface area contributed by atoms with Crippen molar-refractivity contribution < 1.29 is 18.8 Å². The predicted octanol–water partition coefficient (Wildman–Crippen LogP) is 2.37. The Balaban J connectivity index is 2.41. The molecule has 0 spiro atoms. The molecular formula is C12H11FN4O4. The monoisotopic (exact) mass is 294 g/mol. The van der Waals surface area contributed by atoms with E-state index in [-0.39, 0.29) is 23.1 Å². The van der Waals surface area contributed by atoms with Crippen LogP contribution in [0.1, 0.15) is 0 Å². The Morgan fingerprint density at radius 3 is 2.81 bits per heavy atom. The second-order valence-electron chi connectivity index (χ2n) is 3.79. The van der Waals surface area contributed by atoms with Gasteiger partial charge in [0.2, 0.25) is 17.5 Å². The fourth-order valence-corrected chi connectivity index (χ4v) is 1.50. The second kappa shape index (κ2) is 5.99. The third kappa shape index (κ3) is 3.14. The summed E-state index contributed by atoms with van der Waals surface area (Å²) in [5.41, 5.74) is -0.363. The van der Waals surface area contributed by atoms with E-state index >= 15 is 0 Å². The second-order valence-corrected chi connectivity index (χ2v) is 3.79. The number of anilines is 1. The van der Waals surface area contributed by atoms with Crippen molar-refractivity contribution in [2.24, 2.45) is 0 Å². The molecule has 0 bridgehead atoms. The first-order valence-corrected chi connectivity index (χ1v) is 5.75. The molecule has 9 heteroatoms. The fourth-order valence-electron chi connectivity index (χ4n) is 1.50. The summed E-state index contributed by atoms with van der Waals surface area (Å²) in [7, 11) is 2.93. The Bertz CT molecular complexity index is 680. The summed E-state index contributed by atoms with van der Waals surface area (Å²) in [6.07, 6.45) is 0.906. The van der Waals surface area contributed by atoms with E-state index in [1.807, 2.05) is 0 Å². The molecule has 1 heterocycles. The Labute approximate surface area is 118 Å². The van der Waals surface area contributed by atoms with Crippen molar-refractivity contribution in [3.63, 3.8) is 0 Å². The molecule has 21 heavy (non-hydrogen) atoms. The van der Waals surface area contributed by atoms with Crippen LogP contribution in [0.15, 0.2) is 24.4 Å². The summed E-state index contributed by atoms with van der Waals surface area (Å²) in [5, 5.41) is 13.6. The molecule has 110 valence electrons. The highest BCUT2D eigenvalue weighted by molar-refractivity contribution is 5.52. The maximum Gasteiger partial charge on any atom is 0.315 e. The molecule has 0 atom stereocenters. The number of ether oxygens (including phenoxy) is 2. The maximum atomic E-state index is 13.6. The topological polar surface area (TPSA) is 99.4 Å². The number of aromatic nitrogens is 2. The molecule has 1 N–H and O–H groups in total. The van der Waals surface area contributed by atoms with Gasteiger partial charge in [-0.2, -0.15) is 9.37 Å². The zero-order valence-corrected chi connectivity index (χ0v) is 11.2. The van der Waals surface area contributed by atoms with E-state index in [0.29, 0.717) is 0 Å². The van der Waals surface area contributed by atoms with Gasteiger partial charge in [-0.3, -0.25) is 10.1 Å². The van der Waals surface area contributed by atoms with Crippen LogP contribution < -0.4 is 14.8 Å². The Morgan fingerprint density at radius 1 is 1.43 bits per heavy atom. The number of nitrogens with zero attached hydrogens (tertiary/aromatic N) is 3. The van der Waals surface area contributed by atoms with Crippen molar-refractivity contribution >= 4 is 11.6 Å². The van der Waals surface area contributed by atoms with E-state index in [4.69, 9.17) is 9.47 Å². The van der Waals surface area contributed by atoms with E-state index in [9.17, 15) is 14.5 Å². The summed E-state index contributed by atoms with van der Waals surface area (Å²) < 4.78 is 23.7. The first-order chi connectivity index (χ1) is 10.0. The Morgan fingerprint density at radius 2 is 2.19 bits per heavy atom. The van der Waals surface area contributed by atoms with Gasteiger partial charge in [0, 0.05) is 7.05 Å². The summed E-state index contributed by atoms with van der Waals surface area (Å²) in [6, 6.07) is 3.94. The number of hydrogen-bond donors (Lipinski definition) is 1. The number of halogens is 1. The third-order valence-electron chi connectivity index (χ3n) is 2.50. The minimum Gasteiger partial charge on any atom is -0.496 e. The van der Waals surface area contributed by atoms with Crippen molar-refractivity contribution in [3.05, 3.63) is 40.3 Å². The molecule has 0 unspecified atom stereocenters. The molecule has 1 aromatic carbocycles. The van der Waals surface area contributed by atoms with Gasteiger partial charge in [-0.05, 0) is 12.1 Å². The number of nitrogens with one attached hydrogen (secondary N) is 1. The van der Waals surface area contributed by atoms with Gasteiger partial charge in [0.05, 0.1) is 24.3 Å². The fraction of sp³-hybridized carbons (Fsp3) is 0.167. The molecular weight excluding hydrogens is 283 g/mol. The van der Waals surface area contributed by atoms with Gasteiger partial charge in [0.15, 0.2) is 0 Å². The standard InChI is InChI=1S/C12H11FN4O4/c1-14-12-15-6-8(13)11(16-12)21-10-4-3-7(20-2)5-9(10)17(18)19/h3-6H,1-2H3,(H,14,15,16). The SMILES string of the molecule is CNc1ncc(F)c(Oc2ccc(OC)cc2[N+](=O)[O-])n1. The number of nitro benzene ring substituents is 1. The Kier molecular flexibility index (Phi) is 4.12. The number of benzene rings is 1. The van der Waals surface area contributed by atoms with Crippen LogP contribution in [0.25, 0.3) is 0 Å².